The molecular weight excluding hydrogens is 276 g/mol. The molecule has 1 saturated heterocycles. The second-order valence-electron chi connectivity index (χ2n) is 5.06. The van der Waals surface area contributed by atoms with Crippen LogP contribution in [0.4, 0.5) is 0 Å². The normalized spacial score (nSPS) is 23.6. The molecule has 0 aromatic heterocycles. The molecule has 1 fully saturated rings. The number of hydrogen-bond acceptors (Lipinski definition) is 3. The van der Waals surface area contributed by atoms with Crippen molar-refractivity contribution in [2.24, 2.45) is 5.92 Å². The molecule has 5 heteroatoms. The highest BCUT2D eigenvalue weighted by Crippen LogP contribution is 2.23. The van der Waals surface area contributed by atoms with Crippen molar-refractivity contribution in [3.8, 4) is 0 Å². The molecule has 0 saturated carbocycles. The first kappa shape index (κ1) is 15.3. The average Bonchev–Trinajstić information content (AvgIpc) is 2.88. The number of rotatable bonds is 5. The van der Waals surface area contributed by atoms with Crippen molar-refractivity contribution in [1.82, 2.24) is 10.6 Å². The van der Waals surface area contributed by atoms with Gasteiger partial charge < -0.3 is 15.4 Å². The van der Waals surface area contributed by atoms with Crippen LogP contribution in [-0.2, 0) is 9.53 Å². The van der Waals surface area contributed by atoms with Crippen LogP contribution in [0.1, 0.15) is 25.5 Å². The lowest BCUT2D eigenvalue weighted by Crippen LogP contribution is -2.44. The summed E-state index contributed by atoms with van der Waals surface area (Å²) in [5.74, 6) is -0.124. The molecule has 1 aliphatic rings. The van der Waals surface area contributed by atoms with Crippen LogP contribution in [0.3, 0.4) is 0 Å². The number of likely N-dealkylation sites (N-methyl/N-ethyl adjacent to an activating group) is 1. The lowest BCUT2D eigenvalue weighted by Gasteiger charge is -2.21. The largest absolute Gasteiger partial charge is 0.379 e. The Hall–Kier alpha value is -1.10. The van der Waals surface area contributed by atoms with E-state index in [1.165, 1.54) is 0 Å². The number of nitrogens with one attached hydrogen (secondary N) is 2. The Kier molecular flexibility index (Phi) is 5.40. The first-order valence-electron chi connectivity index (χ1n) is 6.99. The number of hydrogen-bond donors (Lipinski definition) is 2. The molecule has 0 aliphatic carbocycles. The molecule has 20 heavy (non-hydrogen) atoms. The van der Waals surface area contributed by atoms with Crippen LogP contribution in [0.15, 0.2) is 24.3 Å². The van der Waals surface area contributed by atoms with Gasteiger partial charge in [-0.05, 0) is 25.1 Å². The molecule has 1 aromatic carbocycles. The molecule has 3 atom stereocenters. The Morgan fingerprint density at radius 3 is 2.90 bits per heavy atom. The summed E-state index contributed by atoms with van der Waals surface area (Å²) < 4.78 is 5.41. The van der Waals surface area contributed by atoms with Crippen LogP contribution in [0, 0.1) is 5.92 Å². The van der Waals surface area contributed by atoms with E-state index in [1.54, 1.807) is 0 Å². The summed E-state index contributed by atoms with van der Waals surface area (Å²) in [5.41, 5.74) is 0.932. The van der Waals surface area contributed by atoms with Crippen molar-refractivity contribution >= 4 is 17.5 Å². The minimum Gasteiger partial charge on any atom is -0.379 e. The highest BCUT2D eigenvalue weighted by atomic mass is 35.5. The Balaban J connectivity index is 1.99. The number of carbonyl (C=O) groups excluding carboxylic acids is 1. The first-order chi connectivity index (χ1) is 9.63. The van der Waals surface area contributed by atoms with E-state index >= 15 is 0 Å². The minimum atomic E-state index is -0.139. The zero-order valence-electron chi connectivity index (χ0n) is 11.9. The van der Waals surface area contributed by atoms with Crippen molar-refractivity contribution < 1.29 is 9.53 Å². The second-order valence-corrected chi connectivity index (χ2v) is 5.47. The van der Waals surface area contributed by atoms with E-state index < -0.39 is 0 Å². The van der Waals surface area contributed by atoms with Gasteiger partial charge in [-0.2, -0.15) is 0 Å². The molecular formula is C15H21ClN2O2. The Bertz CT molecular complexity index is 467. The van der Waals surface area contributed by atoms with Crippen molar-refractivity contribution in [2.75, 3.05) is 19.8 Å². The lowest BCUT2D eigenvalue weighted by atomic mass is 10.0. The van der Waals surface area contributed by atoms with Crippen molar-refractivity contribution in [2.45, 2.75) is 25.9 Å². The van der Waals surface area contributed by atoms with Crippen LogP contribution >= 0.6 is 11.6 Å². The van der Waals surface area contributed by atoms with Crippen molar-refractivity contribution in [3.05, 3.63) is 34.9 Å². The second kappa shape index (κ2) is 7.07. The molecule has 3 unspecified atom stereocenters. The fraction of sp³-hybridized carbons (Fsp3) is 0.533. The summed E-state index contributed by atoms with van der Waals surface area (Å²) in [4.78, 5) is 12.4. The molecule has 2 N–H and O–H groups in total. The van der Waals surface area contributed by atoms with Gasteiger partial charge in [0.15, 0.2) is 0 Å². The van der Waals surface area contributed by atoms with E-state index in [9.17, 15) is 4.79 Å². The summed E-state index contributed by atoms with van der Waals surface area (Å²) in [6.45, 7) is 5.86. The first-order valence-corrected chi connectivity index (χ1v) is 7.37. The van der Waals surface area contributed by atoms with Crippen LogP contribution in [0.25, 0.3) is 0 Å². The minimum absolute atomic E-state index is 0.0147. The van der Waals surface area contributed by atoms with Gasteiger partial charge in [-0.3, -0.25) is 4.79 Å². The van der Waals surface area contributed by atoms with Crippen LogP contribution in [0.2, 0.25) is 5.02 Å². The Labute approximate surface area is 124 Å². The summed E-state index contributed by atoms with van der Waals surface area (Å²) in [6, 6.07) is 7.55. The average molecular weight is 297 g/mol. The van der Waals surface area contributed by atoms with Gasteiger partial charge in [-0.25, -0.2) is 0 Å². The number of benzene rings is 1. The van der Waals surface area contributed by atoms with Gasteiger partial charge >= 0.3 is 0 Å². The molecule has 110 valence electrons. The summed E-state index contributed by atoms with van der Waals surface area (Å²) in [7, 11) is 0. The van der Waals surface area contributed by atoms with E-state index in [1.807, 2.05) is 38.1 Å². The fourth-order valence-corrected chi connectivity index (χ4v) is 2.80. The van der Waals surface area contributed by atoms with Gasteiger partial charge in [0.05, 0.1) is 25.2 Å². The Morgan fingerprint density at radius 2 is 2.20 bits per heavy atom. The predicted molar refractivity (Wildman–Crippen MR) is 79.8 cm³/mol. The van der Waals surface area contributed by atoms with E-state index in [4.69, 9.17) is 16.3 Å². The number of ether oxygens (including phenoxy) is 1. The van der Waals surface area contributed by atoms with Gasteiger partial charge in [0.1, 0.15) is 0 Å². The zero-order valence-corrected chi connectivity index (χ0v) is 12.6. The standard InChI is InChI=1S/C15H21ClN2O2/c1-3-17-14-9-20-8-12(14)15(19)18-10(2)11-6-4-5-7-13(11)16/h4-7,10,12,14,17H,3,8-9H2,1-2H3,(H,18,19). The molecule has 0 spiro atoms. The summed E-state index contributed by atoms with van der Waals surface area (Å²) in [5, 5.41) is 6.98. The van der Waals surface area contributed by atoms with Crippen molar-refractivity contribution in [3.63, 3.8) is 0 Å². The van der Waals surface area contributed by atoms with Crippen LogP contribution in [-0.4, -0.2) is 31.7 Å². The topological polar surface area (TPSA) is 50.4 Å². The molecule has 0 bridgehead atoms. The Morgan fingerprint density at radius 1 is 1.45 bits per heavy atom. The highest BCUT2D eigenvalue weighted by Gasteiger charge is 2.34. The summed E-state index contributed by atoms with van der Waals surface area (Å²) in [6.07, 6.45) is 0. The molecule has 1 aromatic rings. The quantitative estimate of drug-likeness (QED) is 0.875. The van der Waals surface area contributed by atoms with Gasteiger partial charge in [0.25, 0.3) is 0 Å². The monoisotopic (exact) mass is 296 g/mol. The van der Waals surface area contributed by atoms with Gasteiger partial charge in [-0.15, -0.1) is 0 Å². The third-order valence-electron chi connectivity index (χ3n) is 3.61. The molecule has 2 rings (SSSR count). The molecule has 1 aliphatic heterocycles. The van der Waals surface area contributed by atoms with E-state index in [0.29, 0.717) is 18.2 Å². The van der Waals surface area contributed by atoms with E-state index in [-0.39, 0.29) is 23.9 Å². The number of amides is 1. The lowest BCUT2D eigenvalue weighted by molar-refractivity contribution is -0.126. The maximum atomic E-state index is 12.4. The smallest absolute Gasteiger partial charge is 0.227 e. The SMILES string of the molecule is CCNC1COCC1C(=O)NC(C)c1ccccc1Cl. The third kappa shape index (κ3) is 3.51. The van der Waals surface area contributed by atoms with Gasteiger partial charge in [-0.1, -0.05) is 36.7 Å². The fourth-order valence-electron chi connectivity index (χ4n) is 2.50. The molecule has 4 nitrogen and oxygen atoms in total. The van der Waals surface area contributed by atoms with Gasteiger partial charge in [0, 0.05) is 11.1 Å². The molecule has 0 radical (unpaired) electrons. The van der Waals surface area contributed by atoms with Gasteiger partial charge in [0.2, 0.25) is 5.91 Å². The maximum Gasteiger partial charge on any atom is 0.227 e. The van der Waals surface area contributed by atoms with Crippen molar-refractivity contribution in [1.29, 1.82) is 0 Å². The van der Waals surface area contributed by atoms with Crippen LogP contribution < -0.4 is 10.6 Å². The molecule has 1 heterocycles. The molecule has 1 amide bonds. The van der Waals surface area contributed by atoms with E-state index in [0.717, 1.165) is 12.1 Å². The summed E-state index contributed by atoms with van der Waals surface area (Å²) >= 11 is 6.15. The highest BCUT2D eigenvalue weighted by molar-refractivity contribution is 6.31. The maximum absolute atomic E-state index is 12.4. The number of carbonyl (C=O) groups is 1. The van der Waals surface area contributed by atoms with Crippen LogP contribution in [0.5, 0.6) is 0 Å². The van der Waals surface area contributed by atoms with E-state index in [2.05, 4.69) is 10.6 Å². The number of halogens is 1. The zero-order chi connectivity index (χ0) is 14.5. The third-order valence-corrected chi connectivity index (χ3v) is 3.96. The predicted octanol–water partition coefficient (Wildman–Crippen LogP) is 2.14.